The van der Waals surface area contributed by atoms with Gasteiger partial charge in [0, 0.05) is 16.2 Å². The molecule has 2 aromatic rings. The van der Waals surface area contributed by atoms with E-state index >= 15 is 0 Å². The molecule has 0 aliphatic heterocycles. The number of rotatable bonds is 8. The first-order chi connectivity index (χ1) is 11.5. The van der Waals surface area contributed by atoms with Gasteiger partial charge >= 0.3 is 0 Å². The maximum absolute atomic E-state index is 11.5. The maximum Gasteiger partial charge on any atom is 0.296 e. The van der Waals surface area contributed by atoms with E-state index in [9.17, 15) is 9.35 Å². The van der Waals surface area contributed by atoms with E-state index < -0.39 is 22.3 Å². The molecule has 0 saturated carbocycles. The van der Waals surface area contributed by atoms with Crippen LogP contribution in [0.2, 0.25) is 0 Å². The van der Waals surface area contributed by atoms with Crippen LogP contribution in [0.5, 0.6) is 0 Å². The number of unbranched alkanes of at least 4 members (excludes halogenated alkanes) is 1. The van der Waals surface area contributed by atoms with E-state index in [1.807, 2.05) is 0 Å². The molecule has 2 N–H and O–H groups in total. The number of hydrogen-bond donors (Lipinski definition) is 2. The SMILES string of the molecule is Cc1ccc(-c2ccc(CCCCC(C(=O)NO)[S+](C)[O-])cc2)s1. The molecule has 0 radical (unpaired) electrons. The van der Waals surface area contributed by atoms with Crippen molar-refractivity contribution in [2.24, 2.45) is 0 Å². The molecule has 24 heavy (non-hydrogen) atoms. The summed E-state index contributed by atoms with van der Waals surface area (Å²) in [6, 6.07) is 12.8. The molecular formula is C18H23NO3S2. The quantitative estimate of drug-likeness (QED) is 0.324. The van der Waals surface area contributed by atoms with E-state index in [-0.39, 0.29) is 0 Å². The second kappa shape index (κ2) is 9.22. The Morgan fingerprint density at radius 2 is 1.96 bits per heavy atom. The van der Waals surface area contributed by atoms with Crippen LogP contribution in [-0.4, -0.2) is 27.2 Å². The molecule has 130 valence electrons. The minimum absolute atomic E-state index is 0.516. The lowest BCUT2D eigenvalue weighted by molar-refractivity contribution is -0.128. The molecule has 0 aliphatic rings. The van der Waals surface area contributed by atoms with Gasteiger partial charge in [0.2, 0.25) is 0 Å². The van der Waals surface area contributed by atoms with Crippen molar-refractivity contribution < 1.29 is 14.6 Å². The van der Waals surface area contributed by atoms with Crippen LogP contribution in [0.3, 0.4) is 0 Å². The van der Waals surface area contributed by atoms with Gasteiger partial charge in [-0.2, -0.15) is 0 Å². The van der Waals surface area contributed by atoms with Gasteiger partial charge in [-0.25, -0.2) is 5.48 Å². The van der Waals surface area contributed by atoms with Crippen LogP contribution < -0.4 is 5.48 Å². The highest BCUT2D eigenvalue weighted by Crippen LogP contribution is 2.28. The second-order valence-electron chi connectivity index (χ2n) is 5.82. The average molecular weight is 366 g/mol. The monoisotopic (exact) mass is 365 g/mol. The third kappa shape index (κ3) is 5.34. The average Bonchev–Trinajstić information content (AvgIpc) is 3.01. The lowest BCUT2D eigenvalue weighted by Crippen LogP contribution is -2.37. The third-order valence-corrected chi connectivity index (χ3v) is 6.26. The van der Waals surface area contributed by atoms with Crippen molar-refractivity contribution in [1.29, 1.82) is 0 Å². The van der Waals surface area contributed by atoms with Gasteiger partial charge in [0.05, 0.1) is 6.26 Å². The Kier molecular flexibility index (Phi) is 7.30. The lowest BCUT2D eigenvalue weighted by Gasteiger charge is -2.16. The first kappa shape index (κ1) is 19.0. The third-order valence-electron chi connectivity index (χ3n) is 3.96. The molecule has 0 aliphatic carbocycles. The fourth-order valence-electron chi connectivity index (χ4n) is 2.60. The van der Waals surface area contributed by atoms with E-state index in [1.54, 1.807) is 16.8 Å². The fraction of sp³-hybridized carbons (Fsp3) is 0.389. The van der Waals surface area contributed by atoms with Gasteiger partial charge in [-0.15, -0.1) is 11.3 Å². The van der Waals surface area contributed by atoms with E-state index in [0.717, 1.165) is 19.3 Å². The number of thiophene rings is 1. The van der Waals surface area contributed by atoms with Crippen molar-refractivity contribution in [3.63, 3.8) is 0 Å². The van der Waals surface area contributed by atoms with Gasteiger partial charge in [0.1, 0.15) is 0 Å². The number of carbonyl (C=O) groups excluding carboxylic acids is 1. The molecule has 2 unspecified atom stereocenters. The molecule has 1 heterocycles. The molecular weight excluding hydrogens is 342 g/mol. The predicted molar refractivity (Wildman–Crippen MR) is 99.8 cm³/mol. The minimum Gasteiger partial charge on any atom is -0.616 e. The van der Waals surface area contributed by atoms with E-state index in [1.165, 1.54) is 27.1 Å². The minimum atomic E-state index is -1.27. The van der Waals surface area contributed by atoms with Crippen molar-refractivity contribution >= 4 is 28.4 Å². The topological polar surface area (TPSA) is 72.4 Å². The Labute approximate surface area is 150 Å². The number of carbonyl (C=O) groups is 1. The summed E-state index contributed by atoms with van der Waals surface area (Å²) in [6.45, 7) is 2.11. The number of hydroxylamine groups is 1. The maximum atomic E-state index is 11.5. The fourth-order valence-corrected chi connectivity index (χ4v) is 4.33. The number of nitrogens with one attached hydrogen (secondary N) is 1. The summed E-state index contributed by atoms with van der Waals surface area (Å²) in [5, 5.41) is 8.04. The van der Waals surface area contributed by atoms with Crippen molar-refractivity contribution in [3.8, 4) is 10.4 Å². The molecule has 1 aromatic carbocycles. The standard InChI is InChI=1S/C18H23NO3S2/c1-13-7-12-16(23-13)15-10-8-14(9-11-15)5-3-4-6-17(24(2)22)18(20)19-21/h7-12,17,21H,3-6H2,1-2H3,(H,19,20). The van der Waals surface area contributed by atoms with E-state index in [2.05, 4.69) is 43.3 Å². The van der Waals surface area contributed by atoms with Crippen LogP contribution in [0.25, 0.3) is 10.4 Å². The zero-order valence-corrected chi connectivity index (χ0v) is 15.6. The molecule has 2 rings (SSSR count). The Morgan fingerprint density at radius 1 is 1.25 bits per heavy atom. The van der Waals surface area contributed by atoms with Gasteiger partial charge in [-0.05, 0) is 60.6 Å². The number of benzene rings is 1. The summed E-state index contributed by atoms with van der Waals surface area (Å²) in [5.74, 6) is -0.563. The molecule has 6 heteroatoms. The van der Waals surface area contributed by atoms with Gasteiger partial charge in [-0.3, -0.25) is 10.0 Å². The molecule has 0 saturated heterocycles. The molecule has 1 aromatic heterocycles. The van der Waals surface area contributed by atoms with Crippen molar-refractivity contribution in [2.75, 3.05) is 6.26 Å². The second-order valence-corrected chi connectivity index (χ2v) is 8.67. The summed E-state index contributed by atoms with van der Waals surface area (Å²) >= 11 is 0.517. The number of amides is 1. The Hall–Kier alpha value is -1.34. The highest BCUT2D eigenvalue weighted by molar-refractivity contribution is 7.92. The first-order valence-corrected chi connectivity index (χ1v) is 10.4. The smallest absolute Gasteiger partial charge is 0.296 e. The predicted octanol–water partition coefficient (Wildman–Crippen LogP) is 3.69. The summed E-state index contributed by atoms with van der Waals surface area (Å²) in [4.78, 5) is 14.0. The van der Waals surface area contributed by atoms with Crippen LogP contribution >= 0.6 is 11.3 Å². The first-order valence-electron chi connectivity index (χ1n) is 7.93. The van der Waals surface area contributed by atoms with Gasteiger partial charge in [0.15, 0.2) is 5.25 Å². The van der Waals surface area contributed by atoms with Gasteiger partial charge < -0.3 is 4.55 Å². The lowest BCUT2D eigenvalue weighted by atomic mass is 10.0. The van der Waals surface area contributed by atoms with Crippen molar-refractivity contribution in [1.82, 2.24) is 5.48 Å². The van der Waals surface area contributed by atoms with Gasteiger partial charge in [0.25, 0.3) is 5.91 Å². The molecule has 1 amide bonds. The van der Waals surface area contributed by atoms with Crippen LogP contribution in [0.1, 0.15) is 29.7 Å². The van der Waals surface area contributed by atoms with Crippen LogP contribution in [0, 0.1) is 6.92 Å². The van der Waals surface area contributed by atoms with Gasteiger partial charge in [-0.1, -0.05) is 24.3 Å². The molecule has 2 atom stereocenters. The number of hydrogen-bond acceptors (Lipinski definition) is 4. The summed E-state index contributed by atoms with van der Waals surface area (Å²) in [7, 11) is 0. The molecule has 0 fully saturated rings. The Morgan fingerprint density at radius 3 is 2.50 bits per heavy atom. The van der Waals surface area contributed by atoms with Crippen LogP contribution in [0.4, 0.5) is 0 Å². The zero-order chi connectivity index (χ0) is 17.5. The Balaban J connectivity index is 1.81. The highest BCUT2D eigenvalue weighted by atomic mass is 32.2. The van der Waals surface area contributed by atoms with Crippen LogP contribution in [-0.2, 0) is 22.4 Å². The van der Waals surface area contributed by atoms with Crippen molar-refractivity contribution in [3.05, 3.63) is 46.8 Å². The van der Waals surface area contributed by atoms with E-state index in [0.29, 0.717) is 6.42 Å². The molecule has 4 nitrogen and oxygen atoms in total. The normalized spacial score (nSPS) is 13.5. The largest absolute Gasteiger partial charge is 0.616 e. The highest BCUT2D eigenvalue weighted by Gasteiger charge is 2.26. The summed E-state index contributed by atoms with van der Waals surface area (Å²) in [5.41, 5.74) is 4.09. The number of aryl methyl sites for hydroxylation is 2. The summed E-state index contributed by atoms with van der Waals surface area (Å²) < 4.78 is 11.5. The van der Waals surface area contributed by atoms with E-state index in [4.69, 9.17) is 5.21 Å². The van der Waals surface area contributed by atoms with Crippen LogP contribution in [0.15, 0.2) is 36.4 Å². The Bertz CT molecular complexity index is 653. The molecule has 0 spiro atoms. The van der Waals surface area contributed by atoms with Crippen molar-refractivity contribution in [2.45, 2.75) is 37.9 Å². The zero-order valence-electron chi connectivity index (χ0n) is 14.0. The summed E-state index contributed by atoms with van der Waals surface area (Å²) in [6.07, 6.45) is 4.65. The molecule has 0 bridgehead atoms.